The van der Waals surface area contributed by atoms with E-state index in [2.05, 4.69) is 10.5 Å². The summed E-state index contributed by atoms with van der Waals surface area (Å²) in [4.78, 5) is 5.15. The van der Waals surface area contributed by atoms with Gasteiger partial charge in [-0.05, 0) is 20.8 Å². The number of nitrogens with one attached hydrogen (secondary N) is 1. The summed E-state index contributed by atoms with van der Waals surface area (Å²) in [5.74, 6) is 0. The van der Waals surface area contributed by atoms with Crippen LogP contribution in [0, 0.1) is 0 Å². The molecule has 4 nitrogen and oxygen atoms in total. The lowest BCUT2D eigenvalue weighted by Gasteiger charge is -2.29. The molecule has 0 spiro atoms. The van der Waals surface area contributed by atoms with Gasteiger partial charge in [0.25, 0.3) is 0 Å². The fourth-order valence-electron chi connectivity index (χ4n) is 1.21. The smallest absolute Gasteiger partial charge is 0.134 e. The monoisotopic (exact) mass is 186 g/mol. The van der Waals surface area contributed by atoms with Gasteiger partial charge in [0.1, 0.15) is 6.61 Å². The Hall–Kier alpha value is -0.610. The summed E-state index contributed by atoms with van der Waals surface area (Å²) in [6.45, 7) is 8.12. The van der Waals surface area contributed by atoms with Crippen LogP contribution in [-0.2, 0) is 9.57 Å². The highest BCUT2D eigenvalue weighted by atomic mass is 16.6. The summed E-state index contributed by atoms with van der Waals surface area (Å²) < 4.78 is 5.46. The highest BCUT2D eigenvalue weighted by Crippen LogP contribution is 2.04. The van der Waals surface area contributed by atoms with Gasteiger partial charge in [0.05, 0.1) is 24.5 Å². The Morgan fingerprint density at radius 3 is 3.00 bits per heavy atom. The van der Waals surface area contributed by atoms with E-state index in [1.54, 1.807) is 0 Å². The van der Waals surface area contributed by atoms with Gasteiger partial charge in [-0.15, -0.1) is 0 Å². The SMILES string of the molecule is CC(C)=NOC[C@H]1NCCO[C@@H]1C. The first-order chi connectivity index (χ1) is 6.20. The standard InChI is InChI=1S/C9H18N2O2/c1-7(2)11-13-6-9-8(3)12-5-4-10-9/h8-10H,4-6H2,1-3H3/t8-,9-/m1/s1. The van der Waals surface area contributed by atoms with E-state index in [1.807, 2.05) is 20.8 Å². The van der Waals surface area contributed by atoms with Gasteiger partial charge in [-0.1, -0.05) is 5.16 Å². The lowest BCUT2D eigenvalue weighted by molar-refractivity contribution is -0.0219. The van der Waals surface area contributed by atoms with E-state index in [0.717, 1.165) is 18.9 Å². The van der Waals surface area contributed by atoms with Crippen molar-refractivity contribution < 1.29 is 9.57 Å². The average Bonchev–Trinajstić information content (AvgIpc) is 2.08. The van der Waals surface area contributed by atoms with E-state index in [-0.39, 0.29) is 12.1 Å². The van der Waals surface area contributed by atoms with Crippen molar-refractivity contribution in [2.24, 2.45) is 5.16 Å². The molecule has 1 saturated heterocycles. The summed E-state index contributed by atoms with van der Waals surface area (Å²) in [7, 11) is 0. The maximum absolute atomic E-state index is 5.46. The summed E-state index contributed by atoms with van der Waals surface area (Å²) in [5.41, 5.74) is 0.935. The molecule has 0 aromatic carbocycles. The molecule has 0 radical (unpaired) electrons. The van der Waals surface area contributed by atoms with Crippen molar-refractivity contribution in [3.63, 3.8) is 0 Å². The van der Waals surface area contributed by atoms with Crippen LogP contribution in [-0.4, -0.2) is 37.6 Å². The van der Waals surface area contributed by atoms with Gasteiger partial charge in [-0.3, -0.25) is 0 Å². The van der Waals surface area contributed by atoms with E-state index in [1.165, 1.54) is 0 Å². The lowest BCUT2D eigenvalue weighted by Crippen LogP contribution is -2.49. The zero-order chi connectivity index (χ0) is 9.68. The first-order valence-electron chi connectivity index (χ1n) is 4.68. The van der Waals surface area contributed by atoms with Crippen molar-refractivity contribution in [3.8, 4) is 0 Å². The third kappa shape index (κ3) is 3.74. The third-order valence-corrected chi connectivity index (χ3v) is 1.96. The Morgan fingerprint density at radius 1 is 1.62 bits per heavy atom. The van der Waals surface area contributed by atoms with Gasteiger partial charge in [-0.2, -0.15) is 0 Å². The highest BCUT2D eigenvalue weighted by Gasteiger charge is 2.21. The lowest BCUT2D eigenvalue weighted by atomic mass is 10.2. The van der Waals surface area contributed by atoms with Crippen molar-refractivity contribution in [2.75, 3.05) is 19.8 Å². The molecule has 1 heterocycles. The largest absolute Gasteiger partial charge is 0.394 e. The van der Waals surface area contributed by atoms with Gasteiger partial charge >= 0.3 is 0 Å². The minimum Gasteiger partial charge on any atom is -0.394 e. The minimum atomic E-state index is 0.209. The van der Waals surface area contributed by atoms with Gasteiger partial charge in [-0.25, -0.2) is 0 Å². The molecule has 1 N–H and O–H groups in total. The van der Waals surface area contributed by atoms with Crippen LogP contribution in [0.15, 0.2) is 5.16 Å². The first-order valence-corrected chi connectivity index (χ1v) is 4.68. The van der Waals surface area contributed by atoms with Crippen molar-refractivity contribution in [2.45, 2.75) is 32.9 Å². The second-order valence-corrected chi connectivity index (χ2v) is 3.47. The van der Waals surface area contributed by atoms with Crippen LogP contribution in [0.4, 0.5) is 0 Å². The maximum atomic E-state index is 5.46. The Kier molecular flexibility index (Phi) is 4.18. The molecule has 13 heavy (non-hydrogen) atoms. The van der Waals surface area contributed by atoms with E-state index < -0.39 is 0 Å². The van der Waals surface area contributed by atoms with Crippen molar-refractivity contribution >= 4 is 5.71 Å². The Balaban J connectivity index is 2.23. The predicted molar refractivity (Wildman–Crippen MR) is 51.9 cm³/mol. The van der Waals surface area contributed by atoms with Crippen LogP contribution in [0.25, 0.3) is 0 Å². The number of oxime groups is 1. The molecule has 1 aliphatic rings. The van der Waals surface area contributed by atoms with Crippen LogP contribution >= 0.6 is 0 Å². The van der Waals surface area contributed by atoms with E-state index in [9.17, 15) is 0 Å². The van der Waals surface area contributed by atoms with Crippen LogP contribution < -0.4 is 5.32 Å². The van der Waals surface area contributed by atoms with Crippen molar-refractivity contribution in [1.82, 2.24) is 5.32 Å². The molecule has 0 aliphatic carbocycles. The molecule has 0 unspecified atom stereocenters. The molecule has 1 fully saturated rings. The number of nitrogens with zero attached hydrogens (tertiary/aromatic N) is 1. The van der Waals surface area contributed by atoms with Gasteiger partial charge in [0.15, 0.2) is 0 Å². The quantitative estimate of drug-likeness (QED) is 0.523. The normalized spacial score (nSPS) is 28.2. The summed E-state index contributed by atoms with van der Waals surface area (Å²) >= 11 is 0. The molecule has 0 aromatic rings. The maximum Gasteiger partial charge on any atom is 0.134 e. The molecule has 4 heteroatoms. The molecule has 0 bridgehead atoms. The second kappa shape index (κ2) is 5.19. The molecule has 0 aromatic heterocycles. The Labute approximate surface area is 79.3 Å². The topological polar surface area (TPSA) is 42.8 Å². The van der Waals surface area contributed by atoms with Crippen LogP contribution in [0.3, 0.4) is 0 Å². The minimum absolute atomic E-state index is 0.209. The fraction of sp³-hybridized carbons (Fsp3) is 0.889. The molecule has 1 rings (SSSR count). The fourth-order valence-corrected chi connectivity index (χ4v) is 1.21. The van der Waals surface area contributed by atoms with Gasteiger partial charge in [0, 0.05) is 6.54 Å². The third-order valence-electron chi connectivity index (χ3n) is 1.96. The molecule has 1 aliphatic heterocycles. The zero-order valence-electron chi connectivity index (χ0n) is 8.54. The zero-order valence-corrected chi connectivity index (χ0v) is 8.54. The van der Waals surface area contributed by atoms with Gasteiger partial charge < -0.3 is 14.9 Å². The number of morpholine rings is 1. The number of hydrogen-bond donors (Lipinski definition) is 1. The first kappa shape index (κ1) is 10.5. The highest BCUT2D eigenvalue weighted by molar-refractivity contribution is 5.78. The Bertz CT molecular complexity index is 178. The number of ether oxygens (including phenoxy) is 1. The van der Waals surface area contributed by atoms with Crippen molar-refractivity contribution in [3.05, 3.63) is 0 Å². The predicted octanol–water partition coefficient (Wildman–Crippen LogP) is 0.776. The van der Waals surface area contributed by atoms with E-state index >= 15 is 0 Å². The molecule has 0 amide bonds. The van der Waals surface area contributed by atoms with Crippen LogP contribution in [0.2, 0.25) is 0 Å². The van der Waals surface area contributed by atoms with Crippen LogP contribution in [0.5, 0.6) is 0 Å². The van der Waals surface area contributed by atoms with Crippen LogP contribution in [0.1, 0.15) is 20.8 Å². The number of hydrogen-bond acceptors (Lipinski definition) is 4. The van der Waals surface area contributed by atoms with Crippen molar-refractivity contribution in [1.29, 1.82) is 0 Å². The van der Waals surface area contributed by atoms with E-state index in [4.69, 9.17) is 9.57 Å². The second-order valence-electron chi connectivity index (χ2n) is 3.47. The molecule has 0 saturated carbocycles. The number of rotatable bonds is 3. The average molecular weight is 186 g/mol. The summed E-state index contributed by atoms with van der Waals surface area (Å²) in [6, 6.07) is 0.261. The Morgan fingerprint density at radius 2 is 2.38 bits per heavy atom. The molecular formula is C9H18N2O2. The summed E-state index contributed by atoms with van der Waals surface area (Å²) in [6.07, 6.45) is 0.209. The molecule has 76 valence electrons. The van der Waals surface area contributed by atoms with E-state index in [0.29, 0.717) is 6.61 Å². The molecular weight excluding hydrogens is 168 g/mol. The van der Waals surface area contributed by atoms with Gasteiger partial charge in [0.2, 0.25) is 0 Å². The summed E-state index contributed by atoms with van der Waals surface area (Å²) in [5, 5.41) is 7.20. The molecule has 2 atom stereocenters.